The molecule has 1 saturated carbocycles. The monoisotopic (exact) mass is 322 g/mol. The van der Waals surface area contributed by atoms with Crippen LogP contribution in [0.4, 0.5) is 13.2 Å². The molecule has 118 valence electrons. The Hall–Kier alpha value is -1.08. The second-order valence-corrected chi connectivity index (χ2v) is 6.99. The van der Waals surface area contributed by atoms with Crippen molar-refractivity contribution >= 4 is 10.1 Å². The summed E-state index contributed by atoms with van der Waals surface area (Å²) >= 11 is 0. The second-order valence-electron chi connectivity index (χ2n) is 5.39. The quantitative estimate of drug-likeness (QED) is 0.789. The minimum atomic E-state index is -4.40. The summed E-state index contributed by atoms with van der Waals surface area (Å²) < 4.78 is 65.6. The van der Waals surface area contributed by atoms with Crippen molar-refractivity contribution < 1.29 is 25.8 Å². The van der Waals surface area contributed by atoms with E-state index in [0.717, 1.165) is 44.1 Å². The zero-order valence-electron chi connectivity index (χ0n) is 11.6. The molecule has 21 heavy (non-hydrogen) atoms. The molecule has 0 bridgehead atoms. The first-order chi connectivity index (χ1) is 9.67. The van der Waals surface area contributed by atoms with Crippen LogP contribution in [0.25, 0.3) is 0 Å². The predicted octanol–water partition coefficient (Wildman–Crippen LogP) is 3.91. The smallest absolute Gasteiger partial charge is 0.262 e. The van der Waals surface area contributed by atoms with Crippen LogP contribution < -0.4 is 0 Å². The lowest BCUT2D eigenvalue weighted by Crippen LogP contribution is -2.18. The molecule has 0 N–H and O–H groups in total. The molecule has 1 aliphatic carbocycles. The van der Waals surface area contributed by atoms with Crippen molar-refractivity contribution in [3.05, 3.63) is 35.4 Å². The summed E-state index contributed by atoms with van der Waals surface area (Å²) in [4.78, 5) is 0. The lowest BCUT2D eigenvalue weighted by atomic mass is 9.94. The fraction of sp³-hybridized carbons (Fsp3) is 0.571. The van der Waals surface area contributed by atoms with E-state index < -0.39 is 28.0 Å². The van der Waals surface area contributed by atoms with Gasteiger partial charge in [0.05, 0.1) is 11.8 Å². The summed E-state index contributed by atoms with van der Waals surface area (Å²) in [6, 6.07) is 4.53. The van der Waals surface area contributed by atoms with Gasteiger partial charge in [-0.25, -0.2) is 0 Å². The molecule has 2 rings (SSSR count). The van der Waals surface area contributed by atoms with Crippen LogP contribution in [-0.2, 0) is 20.5 Å². The van der Waals surface area contributed by atoms with Crippen molar-refractivity contribution in [1.29, 1.82) is 0 Å². The van der Waals surface area contributed by atoms with E-state index in [1.54, 1.807) is 0 Å². The van der Waals surface area contributed by atoms with E-state index in [4.69, 9.17) is 4.18 Å². The summed E-state index contributed by atoms with van der Waals surface area (Å²) in [5.74, 6) is 0.0245. The molecular formula is C14H17F3O3S. The normalized spacial score (nSPS) is 18.9. The van der Waals surface area contributed by atoms with E-state index in [1.807, 2.05) is 0 Å². The maximum atomic E-state index is 12.6. The number of alkyl halides is 3. The molecule has 7 heteroatoms. The summed E-state index contributed by atoms with van der Waals surface area (Å²) in [5.41, 5.74) is -0.281. The van der Waals surface area contributed by atoms with Crippen LogP contribution in [0.2, 0.25) is 0 Å². The minimum absolute atomic E-state index is 0.0245. The largest absolute Gasteiger partial charge is 0.416 e. The average molecular weight is 322 g/mol. The van der Waals surface area contributed by atoms with Crippen molar-refractivity contribution in [2.75, 3.05) is 6.26 Å². The third-order valence-electron chi connectivity index (χ3n) is 3.67. The van der Waals surface area contributed by atoms with Crippen molar-refractivity contribution in [2.45, 2.75) is 38.0 Å². The summed E-state index contributed by atoms with van der Waals surface area (Å²) in [5, 5.41) is 0. The molecule has 1 aliphatic rings. The number of hydrogen-bond acceptors (Lipinski definition) is 3. The van der Waals surface area contributed by atoms with E-state index in [-0.39, 0.29) is 5.92 Å². The molecule has 0 spiro atoms. The molecule has 1 atom stereocenters. The highest BCUT2D eigenvalue weighted by atomic mass is 32.2. The van der Waals surface area contributed by atoms with Crippen LogP contribution in [0.3, 0.4) is 0 Å². The number of benzene rings is 1. The molecule has 1 unspecified atom stereocenters. The Morgan fingerprint density at radius 1 is 1.14 bits per heavy atom. The number of rotatable bonds is 4. The van der Waals surface area contributed by atoms with Crippen molar-refractivity contribution in [3.63, 3.8) is 0 Å². The van der Waals surface area contributed by atoms with Gasteiger partial charge in [-0.15, -0.1) is 0 Å². The molecule has 3 nitrogen and oxygen atoms in total. The second kappa shape index (κ2) is 5.96. The van der Waals surface area contributed by atoms with Crippen LogP contribution in [0.15, 0.2) is 24.3 Å². The first-order valence-electron chi connectivity index (χ1n) is 6.72. The third-order valence-corrected chi connectivity index (χ3v) is 4.23. The van der Waals surface area contributed by atoms with Crippen molar-refractivity contribution in [3.8, 4) is 0 Å². The average Bonchev–Trinajstić information content (AvgIpc) is 2.88. The molecule has 0 aromatic heterocycles. The topological polar surface area (TPSA) is 43.4 Å². The van der Waals surface area contributed by atoms with Gasteiger partial charge in [0.1, 0.15) is 6.10 Å². The van der Waals surface area contributed by atoms with Crippen LogP contribution in [-0.4, -0.2) is 14.7 Å². The SMILES string of the molecule is CS(=O)(=O)OC(c1ccc(C(F)(F)F)cc1)C1CCCC1. The van der Waals surface area contributed by atoms with Crippen LogP contribution >= 0.6 is 0 Å². The van der Waals surface area contributed by atoms with Gasteiger partial charge in [-0.2, -0.15) is 21.6 Å². The first kappa shape index (κ1) is 16.3. The Morgan fingerprint density at radius 3 is 2.10 bits per heavy atom. The third kappa shape index (κ3) is 4.44. The highest BCUT2D eigenvalue weighted by Crippen LogP contribution is 2.39. The lowest BCUT2D eigenvalue weighted by molar-refractivity contribution is -0.137. The van der Waals surface area contributed by atoms with Gasteiger partial charge >= 0.3 is 6.18 Å². The van der Waals surface area contributed by atoms with Gasteiger partial charge in [0, 0.05) is 0 Å². The molecule has 0 amide bonds. The molecule has 1 aromatic rings. The highest BCUT2D eigenvalue weighted by molar-refractivity contribution is 7.86. The Bertz CT molecular complexity index is 572. The van der Waals surface area contributed by atoms with Gasteiger partial charge in [-0.3, -0.25) is 4.18 Å². The fourth-order valence-electron chi connectivity index (χ4n) is 2.72. The van der Waals surface area contributed by atoms with Gasteiger partial charge in [0.25, 0.3) is 10.1 Å². The summed E-state index contributed by atoms with van der Waals surface area (Å²) in [6.07, 6.45) is -0.547. The Morgan fingerprint density at radius 2 is 1.67 bits per heavy atom. The Labute approximate surface area is 122 Å². The zero-order valence-corrected chi connectivity index (χ0v) is 12.4. The van der Waals surface area contributed by atoms with E-state index in [2.05, 4.69) is 0 Å². The fourth-order valence-corrected chi connectivity index (χ4v) is 3.36. The summed E-state index contributed by atoms with van der Waals surface area (Å²) in [7, 11) is -3.67. The van der Waals surface area contributed by atoms with Crippen LogP contribution in [0.1, 0.15) is 42.9 Å². The molecule has 0 heterocycles. The Kier molecular flexibility index (Phi) is 4.63. The molecule has 1 aromatic carbocycles. The van der Waals surface area contributed by atoms with Crippen LogP contribution in [0, 0.1) is 5.92 Å². The van der Waals surface area contributed by atoms with E-state index in [9.17, 15) is 21.6 Å². The molecule has 0 aliphatic heterocycles. The number of halogens is 3. The maximum absolute atomic E-state index is 12.6. The lowest BCUT2D eigenvalue weighted by Gasteiger charge is -2.23. The molecular weight excluding hydrogens is 305 g/mol. The number of hydrogen-bond donors (Lipinski definition) is 0. The summed E-state index contributed by atoms with van der Waals surface area (Å²) in [6.45, 7) is 0. The van der Waals surface area contributed by atoms with E-state index in [0.29, 0.717) is 5.56 Å². The molecule has 1 fully saturated rings. The van der Waals surface area contributed by atoms with Crippen molar-refractivity contribution in [1.82, 2.24) is 0 Å². The maximum Gasteiger partial charge on any atom is 0.416 e. The minimum Gasteiger partial charge on any atom is -0.262 e. The van der Waals surface area contributed by atoms with Gasteiger partial charge < -0.3 is 0 Å². The molecule has 0 radical (unpaired) electrons. The standard InChI is InChI=1S/C14H17F3O3S/c1-21(18,19)20-13(10-4-2-3-5-10)11-6-8-12(9-7-11)14(15,16)17/h6-10,13H,2-5H2,1H3. The van der Waals surface area contributed by atoms with Gasteiger partial charge in [-0.1, -0.05) is 25.0 Å². The van der Waals surface area contributed by atoms with Crippen molar-refractivity contribution in [2.24, 2.45) is 5.92 Å². The zero-order chi connectivity index (χ0) is 15.7. The van der Waals surface area contributed by atoms with Gasteiger partial charge in [0.2, 0.25) is 0 Å². The van der Waals surface area contributed by atoms with E-state index in [1.165, 1.54) is 12.1 Å². The highest BCUT2D eigenvalue weighted by Gasteiger charge is 2.33. The first-order valence-corrected chi connectivity index (χ1v) is 8.54. The van der Waals surface area contributed by atoms with Gasteiger partial charge in [0.15, 0.2) is 0 Å². The molecule has 0 saturated heterocycles. The van der Waals surface area contributed by atoms with E-state index >= 15 is 0 Å². The Balaban J connectivity index is 2.28. The predicted molar refractivity (Wildman–Crippen MR) is 72.1 cm³/mol. The van der Waals surface area contributed by atoms with Crippen LogP contribution in [0.5, 0.6) is 0 Å². The van der Waals surface area contributed by atoms with Gasteiger partial charge in [-0.05, 0) is 36.5 Å².